The number of amides is 1. The minimum atomic E-state index is -0.780. The molecule has 0 saturated carbocycles. The predicted octanol–water partition coefficient (Wildman–Crippen LogP) is 5.56. The summed E-state index contributed by atoms with van der Waals surface area (Å²) >= 11 is 12.1. The van der Waals surface area contributed by atoms with Crippen LogP contribution in [-0.4, -0.2) is 16.1 Å². The van der Waals surface area contributed by atoms with Gasteiger partial charge in [-0.05, 0) is 41.1 Å². The highest BCUT2D eigenvalue weighted by molar-refractivity contribution is 6.35. The lowest BCUT2D eigenvalue weighted by atomic mass is 10.0. The molecule has 7 nitrogen and oxygen atoms in total. The van der Waals surface area contributed by atoms with E-state index in [1.807, 2.05) is 30.3 Å². The summed E-state index contributed by atoms with van der Waals surface area (Å²) in [5.41, 5.74) is -0.169. The van der Waals surface area contributed by atoms with Crippen LogP contribution in [-0.2, 0) is 0 Å². The number of rotatable bonds is 3. The Morgan fingerprint density at radius 3 is 2.61 bits per heavy atom. The number of aromatic nitrogens is 2. The van der Waals surface area contributed by atoms with Gasteiger partial charge in [0.05, 0.1) is 10.6 Å². The second-order valence-corrected chi connectivity index (χ2v) is 7.48. The van der Waals surface area contributed by atoms with Crippen LogP contribution in [0.5, 0.6) is 0 Å². The van der Waals surface area contributed by atoms with Crippen LogP contribution >= 0.6 is 23.2 Å². The summed E-state index contributed by atoms with van der Waals surface area (Å²) in [4.78, 5) is 25.1. The lowest BCUT2D eigenvalue weighted by Crippen LogP contribution is -2.20. The van der Waals surface area contributed by atoms with Gasteiger partial charge in [-0.15, -0.1) is 5.10 Å². The Balaban J connectivity index is 1.50. The fraction of sp³-hybridized carbons (Fsp3) is 0. The molecule has 0 fully saturated rings. The SMILES string of the molecule is O=C(Nc1nnc(-c2cc(Cl)ccc2Cl)o1)c1cc2c(ccc3ccccc32)oc1=O. The number of anilines is 1. The van der Waals surface area contributed by atoms with Crippen molar-refractivity contribution in [3.05, 3.63) is 86.7 Å². The van der Waals surface area contributed by atoms with Gasteiger partial charge in [0.1, 0.15) is 11.1 Å². The van der Waals surface area contributed by atoms with Crippen LogP contribution in [0.4, 0.5) is 6.01 Å². The maximum absolute atomic E-state index is 12.7. The Bertz CT molecular complexity index is 1540. The number of hydrogen-bond donors (Lipinski definition) is 1. The Kier molecular flexibility index (Phi) is 4.69. The van der Waals surface area contributed by atoms with Gasteiger partial charge in [0.15, 0.2) is 0 Å². The van der Waals surface area contributed by atoms with Crippen molar-refractivity contribution in [2.75, 3.05) is 5.32 Å². The van der Waals surface area contributed by atoms with Gasteiger partial charge >= 0.3 is 11.6 Å². The molecule has 0 saturated heterocycles. The summed E-state index contributed by atoms with van der Waals surface area (Å²) in [6.45, 7) is 0. The molecule has 152 valence electrons. The average Bonchev–Trinajstić information content (AvgIpc) is 3.23. The van der Waals surface area contributed by atoms with Gasteiger partial charge in [0.25, 0.3) is 11.8 Å². The summed E-state index contributed by atoms with van der Waals surface area (Å²) in [5, 5.41) is 13.3. The zero-order valence-electron chi connectivity index (χ0n) is 15.6. The third kappa shape index (κ3) is 3.54. The van der Waals surface area contributed by atoms with Crippen LogP contribution in [0.2, 0.25) is 10.0 Å². The third-order valence-electron chi connectivity index (χ3n) is 4.69. The average molecular weight is 452 g/mol. The number of hydrogen-bond acceptors (Lipinski definition) is 6. The first-order valence-corrected chi connectivity index (χ1v) is 9.81. The van der Waals surface area contributed by atoms with Gasteiger partial charge in [-0.3, -0.25) is 10.1 Å². The number of halogens is 2. The molecule has 2 heterocycles. The molecule has 1 amide bonds. The standard InChI is InChI=1S/C22H11Cl2N3O4/c23-12-6-7-17(24)15(9-12)20-26-27-22(31-20)25-19(28)16-10-14-13-4-2-1-3-11(13)5-8-18(14)30-21(16)29/h1-10H,(H,25,27,28). The van der Waals surface area contributed by atoms with E-state index in [2.05, 4.69) is 15.5 Å². The molecule has 5 rings (SSSR count). The predicted molar refractivity (Wildman–Crippen MR) is 118 cm³/mol. The van der Waals surface area contributed by atoms with E-state index in [0.717, 1.165) is 10.8 Å². The fourth-order valence-corrected chi connectivity index (χ4v) is 3.61. The zero-order valence-corrected chi connectivity index (χ0v) is 17.1. The first kappa shape index (κ1) is 19.3. The summed E-state index contributed by atoms with van der Waals surface area (Å²) in [6.07, 6.45) is 0. The zero-order chi connectivity index (χ0) is 21.5. The van der Waals surface area contributed by atoms with Crippen molar-refractivity contribution in [3.63, 3.8) is 0 Å². The lowest BCUT2D eigenvalue weighted by Gasteiger charge is -2.05. The summed E-state index contributed by atoms with van der Waals surface area (Å²) in [5.74, 6) is -0.671. The van der Waals surface area contributed by atoms with E-state index in [1.54, 1.807) is 24.3 Å². The van der Waals surface area contributed by atoms with E-state index in [9.17, 15) is 9.59 Å². The molecule has 0 unspecified atom stereocenters. The number of benzene rings is 3. The minimum absolute atomic E-state index is 0.0688. The Hall–Kier alpha value is -3.68. The summed E-state index contributed by atoms with van der Waals surface area (Å²) in [6, 6.07) is 17.2. The fourth-order valence-electron chi connectivity index (χ4n) is 3.24. The van der Waals surface area contributed by atoms with Crippen molar-refractivity contribution in [2.24, 2.45) is 0 Å². The molecule has 2 aromatic heterocycles. The topological polar surface area (TPSA) is 98.2 Å². The molecule has 5 aromatic rings. The van der Waals surface area contributed by atoms with Crippen molar-refractivity contribution in [3.8, 4) is 11.5 Å². The maximum Gasteiger partial charge on any atom is 0.349 e. The summed E-state index contributed by atoms with van der Waals surface area (Å²) < 4.78 is 10.8. The molecule has 0 spiro atoms. The number of nitrogens with one attached hydrogen (secondary N) is 1. The van der Waals surface area contributed by atoms with Crippen molar-refractivity contribution in [1.29, 1.82) is 0 Å². The van der Waals surface area contributed by atoms with E-state index >= 15 is 0 Å². The van der Waals surface area contributed by atoms with Crippen LogP contribution in [0.1, 0.15) is 10.4 Å². The minimum Gasteiger partial charge on any atom is -0.422 e. The lowest BCUT2D eigenvalue weighted by molar-refractivity contribution is 0.102. The van der Waals surface area contributed by atoms with Gasteiger partial charge in [0.2, 0.25) is 0 Å². The third-order valence-corrected chi connectivity index (χ3v) is 5.26. The van der Waals surface area contributed by atoms with Crippen molar-refractivity contribution >= 4 is 56.9 Å². The molecule has 0 radical (unpaired) electrons. The quantitative estimate of drug-likeness (QED) is 0.285. The molecule has 3 aromatic carbocycles. The Morgan fingerprint density at radius 2 is 1.74 bits per heavy atom. The number of fused-ring (bicyclic) bond motifs is 3. The van der Waals surface area contributed by atoms with Gasteiger partial charge in [-0.1, -0.05) is 58.6 Å². The Labute approximate surface area is 184 Å². The molecule has 0 atom stereocenters. The molecule has 0 bridgehead atoms. The smallest absolute Gasteiger partial charge is 0.349 e. The van der Waals surface area contributed by atoms with E-state index in [1.165, 1.54) is 6.07 Å². The van der Waals surface area contributed by atoms with E-state index < -0.39 is 11.5 Å². The largest absolute Gasteiger partial charge is 0.422 e. The van der Waals surface area contributed by atoms with Crippen LogP contribution in [0, 0.1) is 0 Å². The van der Waals surface area contributed by atoms with Gasteiger partial charge in [-0.25, -0.2) is 4.79 Å². The maximum atomic E-state index is 12.7. The van der Waals surface area contributed by atoms with E-state index in [4.69, 9.17) is 32.0 Å². The highest BCUT2D eigenvalue weighted by atomic mass is 35.5. The van der Waals surface area contributed by atoms with Crippen LogP contribution in [0.15, 0.2) is 74.3 Å². The van der Waals surface area contributed by atoms with Crippen molar-refractivity contribution in [2.45, 2.75) is 0 Å². The van der Waals surface area contributed by atoms with Crippen LogP contribution in [0.3, 0.4) is 0 Å². The van der Waals surface area contributed by atoms with Gasteiger partial charge in [0, 0.05) is 10.4 Å². The monoisotopic (exact) mass is 451 g/mol. The molecule has 0 aliphatic carbocycles. The molecule has 1 N–H and O–H groups in total. The van der Waals surface area contributed by atoms with E-state index in [0.29, 0.717) is 26.6 Å². The van der Waals surface area contributed by atoms with Gasteiger partial charge in [-0.2, -0.15) is 0 Å². The first-order valence-electron chi connectivity index (χ1n) is 9.05. The molecule has 0 aliphatic heterocycles. The second kappa shape index (κ2) is 7.54. The molecule has 0 aliphatic rings. The van der Waals surface area contributed by atoms with Crippen molar-refractivity contribution in [1.82, 2.24) is 10.2 Å². The van der Waals surface area contributed by atoms with Crippen LogP contribution < -0.4 is 10.9 Å². The second-order valence-electron chi connectivity index (χ2n) is 6.64. The van der Waals surface area contributed by atoms with Crippen molar-refractivity contribution < 1.29 is 13.6 Å². The molecule has 31 heavy (non-hydrogen) atoms. The number of carbonyl (C=O) groups is 1. The van der Waals surface area contributed by atoms with Gasteiger partial charge < -0.3 is 8.83 Å². The number of carbonyl (C=O) groups excluding carboxylic acids is 1. The highest BCUT2D eigenvalue weighted by Gasteiger charge is 2.19. The molecular weight excluding hydrogens is 441 g/mol. The Morgan fingerprint density at radius 1 is 0.903 bits per heavy atom. The molecular formula is C22H11Cl2N3O4. The normalized spacial score (nSPS) is 11.2. The molecule has 9 heteroatoms. The van der Waals surface area contributed by atoms with E-state index in [-0.39, 0.29) is 17.5 Å². The summed E-state index contributed by atoms with van der Waals surface area (Å²) in [7, 11) is 0. The highest BCUT2D eigenvalue weighted by Crippen LogP contribution is 2.30. The number of nitrogens with zero attached hydrogens (tertiary/aromatic N) is 2. The first-order chi connectivity index (χ1) is 15.0. The van der Waals surface area contributed by atoms with Crippen LogP contribution in [0.25, 0.3) is 33.2 Å².